The molecule has 0 aliphatic carbocycles. The third-order valence-electron chi connectivity index (χ3n) is 0.951. The molecule has 0 aromatic rings. The van der Waals surface area contributed by atoms with Crippen molar-refractivity contribution in [3.05, 3.63) is 9.90 Å². The summed E-state index contributed by atoms with van der Waals surface area (Å²) in [6, 6.07) is -1.18. The van der Waals surface area contributed by atoms with Crippen molar-refractivity contribution in [2.24, 2.45) is 5.73 Å². The average molecular weight is 232 g/mol. The zero-order chi connectivity index (χ0) is 9.72. The highest BCUT2D eigenvalue weighted by atomic mass is 35.5. The van der Waals surface area contributed by atoms with Gasteiger partial charge in [-0.3, -0.25) is 9.00 Å². The number of carboxylic acids is 1. The molecule has 0 rings (SSSR count). The van der Waals surface area contributed by atoms with Crippen molar-refractivity contribution < 1.29 is 14.1 Å². The van der Waals surface area contributed by atoms with Crippen molar-refractivity contribution in [1.82, 2.24) is 0 Å². The predicted octanol–water partition coefficient (Wildman–Crippen LogP) is 0.423. The minimum Gasteiger partial charge on any atom is -0.480 e. The van der Waals surface area contributed by atoms with Crippen LogP contribution in [-0.4, -0.2) is 27.1 Å². The summed E-state index contributed by atoms with van der Waals surface area (Å²) in [4.78, 5) is 10.2. The molecule has 0 aromatic carbocycles. The van der Waals surface area contributed by atoms with Gasteiger partial charge in [0.25, 0.3) is 0 Å². The molecule has 2 unspecified atom stereocenters. The van der Waals surface area contributed by atoms with Gasteiger partial charge in [0, 0.05) is 5.54 Å². The summed E-state index contributed by atoms with van der Waals surface area (Å²) in [5.74, 6) is -1.46. The van der Waals surface area contributed by atoms with Gasteiger partial charge in [0.1, 0.15) is 10.4 Å². The van der Waals surface area contributed by atoms with Crippen LogP contribution in [0.25, 0.3) is 0 Å². The van der Waals surface area contributed by atoms with Gasteiger partial charge in [-0.1, -0.05) is 23.2 Å². The molecular formula is C5H7Cl2NO3S. The summed E-state index contributed by atoms with van der Waals surface area (Å²) in [7, 11) is -1.63. The van der Waals surface area contributed by atoms with E-state index in [4.69, 9.17) is 34.0 Å². The van der Waals surface area contributed by atoms with Crippen molar-refractivity contribution in [2.45, 2.75) is 6.04 Å². The summed E-state index contributed by atoms with van der Waals surface area (Å²) in [6.45, 7) is 0. The molecule has 3 N–H and O–H groups in total. The van der Waals surface area contributed by atoms with Crippen molar-refractivity contribution in [3.8, 4) is 0 Å². The van der Waals surface area contributed by atoms with E-state index in [1.165, 1.54) is 0 Å². The number of rotatable bonds is 4. The largest absolute Gasteiger partial charge is 0.480 e. The lowest BCUT2D eigenvalue weighted by Gasteiger charge is -2.03. The third kappa shape index (κ3) is 4.06. The maximum Gasteiger partial charge on any atom is 0.321 e. The zero-order valence-electron chi connectivity index (χ0n) is 5.87. The highest BCUT2D eigenvalue weighted by Gasteiger charge is 2.16. The monoisotopic (exact) mass is 231 g/mol. The van der Waals surface area contributed by atoms with Gasteiger partial charge in [0.2, 0.25) is 0 Å². The maximum atomic E-state index is 11.0. The SMILES string of the molecule is NC(CS(=O)/C(Cl)=C/Cl)C(=O)O. The molecule has 0 bridgehead atoms. The van der Waals surface area contributed by atoms with Gasteiger partial charge in [-0.15, -0.1) is 0 Å². The van der Waals surface area contributed by atoms with Crippen LogP contribution in [0.4, 0.5) is 0 Å². The lowest BCUT2D eigenvalue weighted by atomic mass is 10.4. The second-order valence-electron chi connectivity index (χ2n) is 1.87. The number of hydrogen-bond donors (Lipinski definition) is 2. The van der Waals surface area contributed by atoms with Crippen molar-refractivity contribution in [1.29, 1.82) is 0 Å². The van der Waals surface area contributed by atoms with Crippen LogP contribution in [0.15, 0.2) is 9.90 Å². The molecule has 0 spiro atoms. The Labute approximate surface area is 81.8 Å². The number of hydrogen-bond acceptors (Lipinski definition) is 3. The van der Waals surface area contributed by atoms with E-state index >= 15 is 0 Å². The maximum absolute atomic E-state index is 11.0. The van der Waals surface area contributed by atoms with Gasteiger partial charge in [0.05, 0.1) is 16.6 Å². The van der Waals surface area contributed by atoms with E-state index < -0.39 is 22.8 Å². The molecule has 12 heavy (non-hydrogen) atoms. The lowest BCUT2D eigenvalue weighted by molar-refractivity contribution is -0.137. The Morgan fingerprint density at radius 3 is 2.58 bits per heavy atom. The molecule has 0 fully saturated rings. The number of aliphatic carboxylic acids is 1. The van der Waals surface area contributed by atoms with Crippen LogP contribution in [-0.2, 0) is 15.6 Å². The first-order valence-electron chi connectivity index (χ1n) is 2.81. The normalized spacial score (nSPS) is 17.1. The van der Waals surface area contributed by atoms with Crippen LogP contribution < -0.4 is 5.73 Å². The van der Waals surface area contributed by atoms with Gasteiger partial charge < -0.3 is 10.8 Å². The average Bonchev–Trinajstić information content (AvgIpc) is 2.02. The molecule has 7 heteroatoms. The fourth-order valence-corrected chi connectivity index (χ4v) is 1.58. The minimum atomic E-state index is -1.63. The Hall–Kier alpha value is -0.100. The van der Waals surface area contributed by atoms with E-state index in [1.807, 2.05) is 0 Å². The Morgan fingerprint density at radius 2 is 2.25 bits per heavy atom. The second kappa shape index (κ2) is 5.53. The van der Waals surface area contributed by atoms with E-state index in [1.54, 1.807) is 0 Å². The van der Waals surface area contributed by atoms with Crippen molar-refractivity contribution in [2.75, 3.05) is 5.75 Å². The predicted molar refractivity (Wildman–Crippen MR) is 48.4 cm³/mol. The molecule has 4 nitrogen and oxygen atoms in total. The first-order chi connectivity index (χ1) is 5.49. The first-order valence-corrected chi connectivity index (χ1v) is 4.95. The van der Waals surface area contributed by atoms with Gasteiger partial charge in [-0.05, 0) is 0 Å². The summed E-state index contributed by atoms with van der Waals surface area (Å²) in [6.07, 6.45) is 0. The van der Waals surface area contributed by atoms with Crippen molar-refractivity contribution in [3.63, 3.8) is 0 Å². The first kappa shape index (κ1) is 11.9. The Kier molecular flexibility index (Phi) is 5.48. The molecule has 0 amide bonds. The number of nitrogens with two attached hydrogens (primary N) is 1. The molecule has 0 aliphatic rings. The van der Waals surface area contributed by atoms with Crippen molar-refractivity contribution >= 4 is 40.0 Å². The van der Waals surface area contributed by atoms with E-state index in [0.29, 0.717) is 0 Å². The molecule has 70 valence electrons. The Balaban J connectivity index is 4.11. The van der Waals surface area contributed by atoms with Crippen LogP contribution in [0.2, 0.25) is 0 Å². The number of carbonyl (C=O) groups is 1. The number of halogens is 2. The standard InChI is InChI=1S/C5H7Cl2NO3S/c6-1-4(7)12(11)2-3(8)5(9)10/h1,3H,2,8H2,(H,9,10)/b4-1+. The second-order valence-corrected chi connectivity index (χ2v) is 4.18. The van der Waals surface area contributed by atoms with Crippen LogP contribution in [0.3, 0.4) is 0 Å². The van der Waals surface area contributed by atoms with Crippen LogP contribution in [0.5, 0.6) is 0 Å². The highest BCUT2D eigenvalue weighted by Crippen LogP contribution is 2.09. The molecule has 0 aliphatic heterocycles. The molecule has 0 saturated carbocycles. The molecular weight excluding hydrogens is 225 g/mol. The Morgan fingerprint density at radius 1 is 1.75 bits per heavy atom. The summed E-state index contributed by atoms with van der Waals surface area (Å²) < 4.78 is 10.9. The lowest BCUT2D eigenvalue weighted by Crippen LogP contribution is -2.35. The van der Waals surface area contributed by atoms with Gasteiger partial charge in [-0.25, -0.2) is 0 Å². The fraction of sp³-hybridized carbons (Fsp3) is 0.400. The molecule has 2 atom stereocenters. The molecule has 0 radical (unpaired) electrons. The minimum absolute atomic E-state index is 0.103. The van der Waals surface area contributed by atoms with Crippen LogP contribution in [0, 0.1) is 0 Å². The summed E-state index contributed by atoms with van der Waals surface area (Å²) in [5.41, 5.74) is 6.01. The van der Waals surface area contributed by atoms with Crippen LogP contribution >= 0.6 is 23.2 Å². The zero-order valence-corrected chi connectivity index (χ0v) is 8.20. The quantitative estimate of drug-likeness (QED) is 0.736. The topological polar surface area (TPSA) is 80.4 Å². The van der Waals surface area contributed by atoms with E-state index in [2.05, 4.69) is 0 Å². The van der Waals surface area contributed by atoms with E-state index in [-0.39, 0.29) is 10.1 Å². The van der Waals surface area contributed by atoms with Crippen LogP contribution in [0.1, 0.15) is 0 Å². The van der Waals surface area contributed by atoms with E-state index in [9.17, 15) is 9.00 Å². The highest BCUT2D eigenvalue weighted by molar-refractivity contribution is 7.90. The van der Waals surface area contributed by atoms with Gasteiger partial charge in [0.15, 0.2) is 0 Å². The third-order valence-corrected chi connectivity index (χ3v) is 3.25. The molecule has 0 aromatic heterocycles. The molecule has 0 heterocycles. The van der Waals surface area contributed by atoms with Gasteiger partial charge in [-0.2, -0.15) is 0 Å². The smallest absolute Gasteiger partial charge is 0.321 e. The summed E-state index contributed by atoms with van der Waals surface area (Å²) >= 11 is 10.5. The molecule has 0 saturated heterocycles. The number of carboxylic acid groups (broad SMARTS) is 1. The Bertz CT molecular complexity index is 231. The van der Waals surface area contributed by atoms with E-state index in [0.717, 1.165) is 5.54 Å². The summed E-state index contributed by atoms with van der Waals surface area (Å²) in [5, 5.41) is 8.33. The van der Waals surface area contributed by atoms with Gasteiger partial charge >= 0.3 is 5.97 Å². The fourth-order valence-electron chi connectivity index (χ4n) is 0.364.